The van der Waals surface area contributed by atoms with Crippen LogP contribution in [0.5, 0.6) is 5.75 Å². The fourth-order valence-electron chi connectivity index (χ4n) is 2.22. The van der Waals surface area contributed by atoms with E-state index in [9.17, 15) is 4.79 Å². The summed E-state index contributed by atoms with van der Waals surface area (Å²) in [5.41, 5.74) is 2.97. The number of rotatable bonds is 5. The predicted octanol–water partition coefficient (Wildman–Crippen LogP) is 2.92. The molecule has 5 nitrogen and oxygen atoms in total. The quantitative estimate of drug-likeness (QED) is 0.783. The number of fused-ring (bicyclic) bond motifs is 1. The summed E-state index contributed by atoms with van der Waals surface area (Å²) in [6.45, 7) is 0.406. The summed E-state index contributed by atoms with van der Waals surface area (Å²) in [4.78, 5) is 16.1. The fraction of sp³-hybridized carbons (Fsp3) is 0.176. The predicted molar refractivity (Wildman–Crippen MR) is 89.5 cm³/mol. The average Bonchev–Trinajstić information content (AvgIpc) is 2.93. The summed E-state index contributed by atoms with van der Waals surface area (Å²) < 4.78 is 7.35. The van der Waals surface area contributed by atoms with Gasteiger partial charge in [0.25, 0.3) is 5.91 Å². The van der Waals surface area contributed by atoms with Crippen molar-refractivity contribution in [2.45, 2.75) is 6.54 Å². The molecule has 0 saturated carbocycles. The van der Waals surface area contributed by atoms with Crippen molar-refractivity contribution in [1.82, 2.24) is 14.9 Å². The van der Waals surface area contributed by atoms with E-state index in [0.717, 1.165) is 16.6 Å². The van der Waals surface area contributed by atoms with Gasteiger partial charge in [0, 0.05) is 18.6 Å². The highest BCUT2D eigenvalue weighted by Gasteiger charge is 2.05. The number of nitrogens with zero attached hydrogens (tertiary/aromatic N) is 2. The zero-order valence-corrected chi connectivity index (χ0v) is 13.4. The van der Waals surface area contributed by atoms with Crippen molar-refractivity contribution in [1.29, 1.82) is 0 Å². The van der Waals surface area contributed by atoms with Crippen LogP contribution >= 0.6 is 11.6 Å². The van der Waals surface area contributed by atoms with Crippen molar-refractivity contribution in [3.05, 3.63) is 59.4 Å². The van der Waals surface area contributed by atoms with E-state index in [-0.39, 0.29) is 12.5 Å². The number of amides is 1. The summed E-state index contributed by atoms with van der Waals surface area (Å²) >= 11 is 5.79. The molecule has 1 aromatic heterocycles. The largest absolute Gasteiger partial charge is 0.484 e. The zero-order valence-electron chi connectivity index (χ0n) is 12.6. The number of aromatic nitrogens is 2. The lowest BCUT2D eigenvalue weighted by Crippen LogP contribution is -2.28. The third kappa shape index (κ3) is 3.81. The zero-order chi connectivity index (χ0) is 16.2. The van der Waals surface area contributed by atoms with Crippen LogP contribution in [0.3, 0.4) is 0 Å². The second-order valence-electron chi connectivity index (χ2n) is 5.20. The summed E-state index contributed by atoms with van der Waals surface area (Å²) in [6, 6.07) is 12.8. The molecule has 118 valence electrons. The summed E-state index contributed by atoms with van der Waals surface area (Å²) in [5.74, 6) is 0.431. The molecular formula is C17H16ClN3O2. The molecule has 1 N–H and O–H groups in total. The molecule has 0 aliphatic carbocycles. The fourth-order valence-corrected chi connectivity index (χ4v) is 2.35. The van der Waals surface area contributed by atoms with Crippen LogP contribution in [0, 0.1) is 0 Å². The van der Waals surface area contributed by atoms with Crippen LogP contribution in [0.25, 0.3) is 11.0 Å². The number of carbonyl (C=O) groups excluding carboxylic acids is 1. The van der Waals surface area contributed by atoms with E-state index in [1.807, 2.05) is 29.8 Å². The number of nitrogens with one attached hydrogen (secondary N) is 1. The molecule has 3 aromatic rings. The molecule has 0 aliphatic rings. The standard InChI is InChI=1S/C17H16ClN3O2/c1-21-11-20-15-8-12(2-7-16(15)21)9-19-17(22)10-23-14-5-3-13(18)4-6-14/h2-8,11H,9-10H2,1H3,(H,19,22). The molecule has 6 heteroatoms. The minimum atomic E-state index is -0.180. The Morgan fingerprint density at radius 2 is 2.04 bits per heavy atom. The molecule has 1 heterocycles. The summed E-state index contributed by atoms with van der Waals surface area (Å²) in [5, 5.41) is 3.46. The number of hydrogen-bond acceptors (Lipinski definition) is 3. The van der Waals surface area contributed by atoms with Gasteiger partial charge in [-0.15, -0.1) is 0 Å². The Bertz CT molecular complexity index is 827. The Labute approximate surface area is 138 Å². The molecular weight excluding hydrogens is 314 g/mol. The van der Waals surface area contributed by atoms with Gasteiger partial charge in [0.1, 0.15) is 5.75 Å². The Kier molecular flexibility index (Phi) is 4.48. The van der Waals surface area contributed by atoms with Crippen LogP contribution in [0.4, 0.5) is 0 Å². The molecule has 23 heavy (non-hydrogen) atoms. The molecule has 0 fully saturated rings. The summed E-state index contributed by atoms with van der Waals surface area (Å²) in [7, 11) is 1.95. The highest BCUT2D eigenvalue weighted by atomic mass is 35.5. The smallest absolute Gasteiger partial charge is 0.258 e. The van der Waals surface area contributed by atoms with E-state index < -0.39 is 0 Å². The van der Waals surface area contributed by atoms with E-state index in [0.29, 0.717) is 17.3 Å². The first-order valence-corrected chi connectivity index (χ1v) is 7.54. The van der Waals surface area contributed by atoms with Crippen molar-refractivity contribution < 1.29 is 9.53 Å². The first-order valence-electron chi connectivity index (χ1n) is 7.17. The van der Waals surface area contributed by atoms with Crippen molar-refractivity contribution >= 4 is 28.5 Å². The average molecular weight is 330 g/mol. The first kappa shape index (κ1) is 15.4. The minimum absolute atomic E-state index is 0.0343. The number of benzene rings is 2. The maximum Gasteiger partial charge on any atom is 0.258 e. The van der Waals surface area contributed by atoms with E-state index in [1.54, 1.807) is 30.6 Å². The SMILES string of the molecule is Cn1cnc2cc(CNC(=O)COc3ccc(Cl)cc3)ccc21. The van der Waals surface area contributed by atoms with Crippen molar-refractivity contribution in [3.8, 4) is 5.75 Å². The van der Waals surface area contributed by atoms with Crippen molar-refractivity contribution in [2.75, 3.05) is 6.61 Å². The Hall–Kier alpha value is -2.53. The molecule has 0 radical (unpaired) electrons. The van der Waals surface area contributed by atoms with Crippen LogP contribution in [0.1, 0.15) is 5.56 Å². The maximum atomic E-state index is 11.8. The van der Waals surface area contributed by atoms with Crippen LogP contribution in [0.2, 0.25) is 5.02 Å². The third-order valence-electron chi connectivity index (χ3n) is 3.46. The molecule has 1 amide bonds. The number of halogens is 1. The highest BCUT2D eigenvalue weighted by molar-refractivity contribution is 6.30. The van der Waals surface area contributed by atoms with Gasteiger partial charge in [-0.05, 0) is 42.0 Å². The van der Waals surface area contributed by atoms with Crippen LogP contribution < -0.4 is 10.1 Å². The van der Waals surface area contributed by atoms with Gasteiger partial charge in [-0.3, -0.25) is 4.79 Å². The second-order valence-corrected chi connectivity index (χ2v) is 5.63. The molecule has 0 atom stereocenters. The molecule has 0 aliphatic heterocycles. The number of imidazole rings is 1. The van der Waals surface area contributed by atoms with Gasteiger partial charge in [-0.25, -0.2) is 4.98 Å². The van der Waals surface area contributed by atoms with E-state index in [2.05, 4.69) is 10.3 Å². The lowest BCUT2D eigenvalue weighted by Gasteiger charge is -2.08. The van der Waals surface area contributed by atoms with E-state index in [1.165, 1.54) is 0 Å². The molecule has 0 unspecified atom stereocenters. The third-order valence-corrected chi connectivity index (χ3v) is 3.72. The Balaban J connectivity index is 1.52. The molecule has 0 saturated heterocycles. The monoisotopic (exact) mass is 329 g/mol. The molecule has 0 spiro atoms. The van der Waals surface area contributed by atoms with Gasteiger partial charge >= 0.3 is 0 Å². The second kappa shape index (κ2) is 6.71. The lowest BCUT2D eigenvalue weighted by atomic mass is 10.2. The number of ether oxygens (including phenoxy) is 1. The van der Waals surface area contributed by atoms with Crippen LogP contribution in [-0.2, 0) is 18.4 Å². The van der Waals surface area contributed by atoms with Gasteiger partial charge < -0.3 is 14.6 Å². The number of hydrogen-bond donors (Lipinski definition) is 1. The summed E-state index contributed by atoms with van der Waals surface area (Å²) in [6.07, 6.45) is 1.77. The van der Waals surface area contributed by atoms with Gasteiger partial charge in [0.05, 0.1) is 17.4 Å². The lowest BCUT2D eigenvalue weighted by molar-refractivity contribution is -0.123. The highest BCUT2D eigenvalue weighted by Crippen LogP contribution is 2.15. The number of aryl methyl sites for hydroxylation is 1. The normalized spacial score (nSPS) is 10.7. The van der Waals surface area contributed by atoms with Crippen LogP contribution in [0.15, 0.2) is 48.8 Å². The Morgan fingerprint density at radius 3 is 2.83 bits per heavy atom. The first-order chi connectivity index (χ1) is 11.1. The van der Waals surface area contributed by atoms with Gasteiger partial charge in [0.15, 0.2) is 6.61 Å². The van der Waals surface area contributed by atoms with Gasteiger partial charge in [-0.2, -0.15) is 0 Å². The molecule has 0 bridgehead atoms. The molecule has 3 rings (SSSR count). The minimum Gasteiger partial charge on any atom is -0.484 e. The maximum absolute atomic E-state index is 11.8. The van der Waals surface area contributed by atoms with E-state index >= 15 is 0 Å². The van der Waals surface area contributed by atoms with Gasteiger partial charge in [-0.1, -0.05) is 17.7 Å². The van der Waals surface area contributed by atoms with Crippen molar-refractivity contribution in [3.63, 3.8) is 0 Å². The van der Waals surface area contributed by atoms with Gasteiger partial charge in [0.2, 0.25) is 0 Å². The number of carbonyl (C=O) groups is 1. The van der Waals surface area contributed by atoms with Crippen LogP contribution in [-0.4, -0.2) is 22.1 Å². The topological polar surface area (TPSA) is 56.2 Å². The van der Waals surface area contributed by atoms with E-state index in [4.69, 9.17) is 16.3 Å². The molecule has 2 aromatic carbocycles. The Morgan fingerprint density at radius 1 is 1.26 bits per heavy atom. The van der Waals surface area contributed by atoms with Crippen molar-refractivity contribution in [2.24, 2.45) is 7.05 Å².